The van der Waals surface area contributed by atoms with Gasteiger partial charge in [-0.15, -0.1) is 0 Å². The number of nitrogens with zero attached hydrogens (tertiary/aromatic N) is 1. The van der Waals surface area contributed by atoms with Crippen LogP contribution < -0.4 is 14.2 Å². The van der Waals surface area contributed by atoms with Gasteiger partial charge in [0.15, 0.2) is 11.5 Å². The molecule has 0 bridgehead atoms. The average molecular weight is 337 g/mol. The number of hydrogen-bond acceptors (Lipinski definition) is 5. The molecule has 1 heterocycles. The van der Waals surface area contributed by atoms with Gasteiger partial charge in [0.25, 0.3) is 0 Å². The first kappa shape index (κ1) is 16.8. The Morgan fingerprint density at radius 1 is 0.880 bits per heavy atom. The third-order valence-corrected chi connectivity index (χ3v) is 4.14. The molecule has 3 rings (SSSR count). The third kappa shape index (κ3) is 3.01. The standard InChI is InChI=1S/C20H19NO4/c1-12-9-15-13(10-17(12)24-3)7-8-21-19(15)20(22)14-5-6-16(23-2)18(11-14)25-4/h5-11H,1-4H3. The molecule has 5 nitrogen and oxygen atoms in total. The molecule has 0 saturated heterocycles. The van der Waals surface area contributed by atoms with Crippen LogP contribution in [0.2, 0.25) is 0 Å². The molecule has 128 valence electrons. The van der Waals surface area contributed by atoms with Gasteiger partial charge in [0.05, 0.1) is 21.3 Å². The summed E-state index contributed by atoms with van der Waals surface area (Å²) in [6.45, 7) is 1.94. The second kappa shape index (κ2) is 6.81. The number of fused-ring (bicyclic) bond motifs is 1. The summed E-state index contributed by atoms with van der Waals surface area (Å²) in [4.78, 5) is 17.3. The molecule has 0 atom stereocenters. The van der Waals surface area contributed by atoms with Crippen LogP contribution in [0.25, 0.3) is 10.8 Å². The van der Waals surface area contributed by atoms with Crippen molar-refractivity contribution in [2.24, 2.45) is 0 Å². The lowest BCUT2D eigenvalue weighted by Gasteiger charge is -2.11. The average Bonchev–Trinajstić information content (AvgIpc) is 2.65. The summed E-state index contributed by atoms with van der Waals surface area (Å²) in [5.74, 6) is 1.69. The molecule has 2 aromatic carbocycles. The van der Waals surface area contributed by atoms with Crippen LogP contribution in [0.4, 0.5) is 0 Å². The molecule has 25 heavy (non-hydrogen) atoms. The van der Waals surface area contributed by atoms with Gasteiger partial charge in [-0.05, 0) is 54.3 Å². The number of rotatable bonds is 5. The van der Waals surface area contributed by atoms with Gasteiger partial charge in [-0.1, -0.05) is 0 Å². The van der Waals surface area contributed by atoms with Crippen molar-refractivity contribution in [3.63, 3.8) is 0 Å². The summed E-state index contributed by atoms with van der Waals surface area (Å²) in [6.07, 6.45) is 1.63. The quantitative estimate of drug-likeness (QED) is 0.663. The molecular weight excluding hydrogens is 318 g/mol. The second-order valence-electron chi connectivity index (χ2n) is 5.60. The molecule has 3 aromatic rings. The zero-order valence-electron chi connectivity index (χ0n) is 14.6. The summed E-state index contributed by atoms with van der Waals surface area (Å²) in [5, 5.41) is 1.70. The molecular formula is C20H19NO4. The van der Waals surface area contributed by atoms with E-state index < -0.39 is 0 Å². The van der Waals surface area contributed by atoms with Gasteiger partial charge >= 0.3 is 0 Å². The summed E-state index contributed by atoms with van der Waals surface area (Å²) in [5.41, 5.74) is 1.84. The van der Waals surface area contributed by atoms with Crippen LogP contribution >= 0.6 is 0 Å². The van der Waals surface area contributed by atoms with E-state index in [1.165, 1.54) is 7.11 Å². The zero-order valence-corrected chi connectivity index (χ0v) is 14.6. The van der Waals surface area contributed by atoms with Gasteiger partial charge in [0.1, 0.15) is 11.4 Å². The topological polar surface area (TPSA) is 57.7 Å². The Hall–Kier alpha value is -3.08. The van der Waals surface area contributed by atoms with Gasteiger partial charge in [-0.3, -0.25) is 9.78 Å². The summed E-state index contributed by atoms with van der Waals surface area (Å²) >= 11 is 0. The largest absolute Gasteiger partial charge is 0.496 e. The molecule has 0 N–H and O–H groups in total. The van der Waals surface area contributed by atoms with Crippen LogP contribution in [0, 0.1) is 6.92 Å². The van der Waals surface area contributed by atoms with Crippen LogP contribution in [-0.2, 0) is 0 Å². The van der Waals surface area contributed by atoms with E-state index in [1.54, 1.807) is 38.6 Å². The fourth-order valence-corrected chi connectivity index (χ4v) is 2.82. The highest BCUT2D eigenvalue weighted by Gasteiger charge is 2.17. The summed E-state index contributed by atoms with van der Waals surface area (Å²) in [7, 11) is 4.73. The Bertz CT molecular complexity index is 950. The number of pyridine rings is 1. The molecule has 0 unspecified atom stereocenters. The first-order valence-electron chi connectivity index (χ1n) is 7.79. The number of hydrogen-bond donors (Lipinski definition) is 0. The summed E-state index contributed by atoms with van der Waals surface area (Å²) in [6, 6.07) is 10.8. The van der Waals surface area contributed by atoms with Gasteiger partial charge in [0.2, 0.25) is 5.78 Å². The maximum absolute atomic E-state index is 13.0. The van der Waals surface area contributed by atoms with E-state index in [0.717, 1.165) is 22.1 Å². The lowest BCUT2D eigenvalue weighted by Crippen LogP contribution is -2.06. The predicted octanol–water partition coefficient (Wildman–Crippen LogP) is 3.80. The highest BCUT2D eigenvalue weighted by molar-refractivity contribution is 6.15. The SMILES string of the molecule is COc1cc2ccnc(C(=O)c3ccc(OC)c(OC)c3)c2cc1C. The van der Waals surface area contributed by atoms with Crippen molar-refractivity contribution in [2.45, 2.75) is 6.92 Å². The molecule has 5 heteroatoms. The van der Waals surface area contributed by atoms with Crippen LogP contribution in [0.5, 0.6) is 17.2 Å². The molecule has 0 saturated carbocycles. The molecule has 0 radical (unpaired) electrons. The first-order chi connectivity index (χ1) is 12.1. The van der Waals surface area contributed by atoms with Crippen molar-refractivity contribution in [1.29, 1.82) is 0 Å². The minimum atomic E-state index is -0.170. The Kier molecular flexibility index (Phi) is 4.57. The van der Waals surface area contributed by atoms with Crippen molar-refractivity contribution < 1.29 is 19.0 Å². The fraction of sp³-hybridized carbons (Fsp3) is 0.200. The van der Waals surface area contributed by atoms with Gasteiger partial charge < -0.3 is 14.2 Å². The van der Waals surface area contributed by atoms with Crippen LogP contribution in [0.1, 0.15) is 21.6 Å². The van der Waals surface area contributed by atoms with Gasteiger partial charge in [-0.2, -0.15) is 0 Å². The van der Waals surface area contributed by atoms with Crippen LogP contribution in [0.3, 0.4) is 0 Å². The molecule has 0 fully saturated rings. The number of ketones is 1. The molecule has 0 amide bonds. The number of ether oxygens (including phenoxy) is 3. The molecule has 0 aliphatic rings. The van der Waals surface area contributed by atoms with E-state index in [9.17, 15) is 4.79 Å². The fourth-order valence-electron chi connectivity index (χ4n) is 2.82. The summed E-state index contributed by atoms with van der Waals surface area (Å²) < 4.78 is 15.9. The Morgan fingerprint density at radius 2 is 1.60 bits per heavy atom. The second-order valence-corrected chi connectivity index (χ2v) is 5.60. The molecule has 1 aromatic heterocycles. The maximum Gasteiger partial charge on any atom is 0.212 e. The van der Waals surface area contributed by atoms with E-state index in [0.29, 0.717) is 22.8 Å². The van der Waals surface area contributed by atoms with E-state index >= 15 is 0 Å². The van der Waals surface area contributed by atoms with Crippen molar-refractivity contribution in [3.05, 3.63) is 59.4 Å². The lowest BCUT2D eigenvalue weighted by atomic mass is 10.00. The molecule has 0 aliphatic carbocycles. The van der Waals surface area contributed by atoms with Gasteiger partial charge in [0, 0.05) is 17.1 Å². The maximum atomic E-state index is 13.0. The van der Waals surface area contributed by atoms with Crippen molar-refractivity contribution >= 4 is 16.6 Å². The van der Waals surface area contributed by atoms with Crippen molar-refractivity contribution in [1.82, 2.24) is 4.98 Å². The highest BCUT2D eigenvalue weighted by Crippen LogP contribution is 2.31. The Morgan fingerprint density at radius 3 is 2.28 bits per heavy atom. The van der Waals surface area contributed by atoms with E-state index in [4.69, 9.17) is 14.2 Å². The Labute approximate surface area is 146 Å². The molecule has 0 spiro atoms. The smallest absolute Gasteiger partial charge is 0.212 e. The van der Waals surface area contributed by atoms with E-state index in [-0.39, 0.29) is 5.78 Å². The first-order valence-corrected chi connectivity index (χ1v) is 7.79. The Balaban J connectivity index is 2.13. The normalized spacial score (nSPS) is 10.6. The third-order valence-electron chi connectivity index (χ3n) is 4.14. The minimum Gasteiger partial charge on any atom is -0.496 e. The number of methoxy groups -OCH3 is 3. The van der Waals surface area contributed by atoms with E-state index in [1.807, 2.05) is 25.1 Å². The monoisotopic (exact) mass is 337 g/mol. The van der Waals surface area contributed by atoms with Gasteiger partial charge in [-0.25, -0.2) is 0 Å². The van der Waals surface area contributed by atoms with Crippen molar-refractivity contribution in [2.75, 3.05) is 21.3 Å². The van der Waals surface area contributed by atoms with E-state index in [2.05, 4.69) is 4.98 Å². The predicted molar refractivity (Wildman–Crippen MR) is 96.0 cm³/mol. The number of aryl methyl sites for hydroxylation is 1. The van der Waals surface area contributed by atoms with Crippen LogP contribution in [0.15, 0.2) is 42.6 Å². The minimum absolute atomic E-state index is 0.170. The lowest BCUT2D eigenvalue weighted by molar-refractivity contribution is 0.103. The molecule has 0 aliphatic heterocycles. The zero-order chi connectivity index (χ0) is 18.0. The number of carbonyl (C=O) groups excluding carboxylic acids is 1. The highest BCUT2D eigenvalue weighted by atomic mass is 16.5. The number of aromatic nitrogens is 1. The van der Waals surface area contributed by atoms with Crippen molar-refractivity contribution in [3.8, 4) is 17.2 Å². The number of benzene rings is 2. The van der Waals surface area contributed by atoms with Crippen LogP contribution in [-0.4, -0.2) is 32.1 Å². The number of carbonyl (C=O) groups is 1.